The van der Waals surface area contributed by atoms with Gasteiger partial charge in [0.2, 0.25) is 5.91 Å². The van der Waals surface area contributed by atoms with Gasteiger partial charge in [-0.15, -0.1) is 10.2 Å². The van der Waals surface area contributed by atoms with Crippen molar-refractivity contribution in [3.8, 4) is 0 Å². The molecule has 0 aliphatic heterocycles. The first-order chi connectivity index (χ1) is 14.2. The number of halogens is 4. The van der Waals surface area contributed by atoms with E-state index in [1.54, 1.807) is 13.0 Å². The van der Waals surface area contributed by atoms with Crippen molar-refractivity contribution in [3.05, 3.63) is 65.3 Å². The van der Waals surface area contributed by atoms with E-state index >= 15 is 0 Å². The summed E-state index contributed by atoms with van der Waals surface area (Å²) in [7, 11) is 0. The van der Waals surface area contributed by atoms with Crippen LogP contribution in [0.1, 0.15) is 12.5 Å². The molecule has 0 saturated carbocycles. The molecule has 0 bridgehead atoms. The van der Waals surface area contributed by atoms with Crippen molar-refractivity contribution in [2.24, 2.45) is 0 Å². The highest BCUT2D eigenvalue weighted by atomic mass is 35.5. The third kappa shape index (κ3) is 3.95. The molecular weight excluding hydrogens is 437 g/mol. The summed E-state index contributed by atoms with van der Waals surface area (Å²) in [6, 6.07) is 14.0. The summed E-state index contributed by atoms with van der Waals surface area (Å²) in [5.41, 5.74) is -0.178. The Kier molecular flexibility index (Phi) is 5.33. The Bertz CT molecular complexity index is 1250. The Hall–Kier alpha value is -2.78. The lowest BCUT2D eigenvalue weighted by atomic mass is 10.1. The number of amides is 1. The maximum atomic E-state index is 13.1. The predicted molar refractivity (Wildman–Crippen MR) is 111 cm³/mol. The van der Waals surface area contributed by atoms with Crippen molar-refractivity contribution in [2.75, 3.05) is 5.32 Å². The number of pyridine rings is 1. The third-order valence-electron chi connectivity index (χ3n) is 4.45. The molecule has 154 valence electrons. The molecule has 10 heteroatoms. The summed E-state index contributed by atoms with van der Waals surface area (Å²) in [5, 5.41) is 11.8. The summed E-state index contributed by atoms with van der Waals surface area (Å²) >= 11 is 6.92. The first kappa shape index (κ1) is 20.5. The summed E-state index contributed by atoms with van der Waals surface area (Å²) in [5.74, 6) is -0.314. The van der Waals surface area contributed by atoms with Crippen molar-refractivity contribution in [1.29, 1.82) is 0 Å². The molecule has 1 atom stereocenters. The van der Waals surface area contributed by atoms with Gasteiger partial charge in [0.05, 0.1) is 15.8 Å². The lowest BCUT2D eigenvalue weighted by Gasteiger charge is -2.13. The molecule has 2 aromatic carbocycles. The van der Waals surface area contributed by atoms with Gasteiger partial charge < -0.3 is 5.32 Å². The standard InChI is InChI=1S/C20H14ClF3N4OS/c1-11(18(29)25-16-8-4-6-12-5-2-3-7-14(12)16)30-19-27-26-17-15(21)9-13(10-28(17)19)20(22,23)24/h2-11H,1H3,(H,25,29). The molecule has 0 fully saturated rings. The maximum absolute atomic E-state index is 13.1. The van der Waals surface area contributed by atoms with E-state index < -0.39 is 17.0 Å². The van der Waals surface area contributed by atoms with E-state index in [1.807, 2.05) is 36.4 Å². The Balaban J connectivity index is 1.59. The van der Waals surface area contributed by atoms with E-state index in [-0.39, 0.29) is 21.7 Å². The molecule has 4 rings (SSSR count). The highest BCUT2D eigenvalue weighted by molar-refractivity contribution is 8.00. The third-order valence-corrected chi connectivity index (χ3v) is 5.79. The molecule has 0 aliphatic rings. The van der Waals surface area contributed by atoms with Gasteiger partial charge in [-0.1, -0.05) is 59.8 Å². The van der Waals surface area contributed by atoms with E-state index in [0.29, 0.717) is 5.69 Å². The van der Waals surface area contributed by atoms with Gasteiger partial charge in [-0.25, -0.2) is 0 Å². The van der Waals surface area contributed by atoms with Gasteiger partial charge in [-0.3, -0.25) is 9.20 Å². The fourth-order valence-electron chi connectivity index (χ4n) is 2.95. The number of thioether (sulfide) groups is 1. The van der Waals surface area contributed by atoms with E-state index in [4.69, 9.17) is 11.6 Å². The Morgan fingerprint density at radius 3 is 2.67 bits per heavy atom. The quantitative estimate of drug-likeness (QED) is 0.407. The predicted octanol–water partition coefficient (Wildman–Crippen LogP) is 5.67. The number of nitrogens with one attached hydrogen (secondary N) is 1. The number of rotatable bonds is 4. The molecule has 2 aromatic heterocycles. The van der Waals surface area contributed by atoms with Crippen LogP contribution in [-0.4, -0.2) is 25.8 Å². The van der Waals surface area contributed by atoms with Crippen molar-refractivity contribution < 1.29 is 18.0 Å². The van der Waals surface area contributed by atoms with Gasteiger partial charge >= 0.3 is 6.18 Å². The number of alkyl halides is 3. The lowest BCUT2D eigenvalue weighted by molar-refractivity contribution is -0.137. The largest absolute Gasteiger partial charge is 0.417 e. The fourth-order valence-corrected chi connectivity index (χ4v) is 4.02. The van der Waals surface area contributed by atoms with Gasteiger partial charge in [0.1, 0.15) is 0 Å². The number of carbonyl (C=O) groups excluding carboxylic acids is 1. The van der Waals surface area contributed by atoms with Crippen molar-refractivity contribution >= 4 is 51.4 Å². The topological polar surface area (TPSA) is 59.3 Å². The number of fused-ring (bicyclic) bond motifs is 2. The van der Waals surface area contributed by atoms with Gasteiger partial charge in [0, 0.05) is 17.3 Å². The smallest absolute Gasteiger partial charge is 0.325 e. The Labute approximate surface area is 178 Å². The summed E-state index contributed by atoms with van der Waals surface area (Å²) in [6.45, 7) is 1.64. The molecule has 2 heterocycles. The molecule has 5 nitrogen and oxygen atoms in total. The summed E-state index contributed by atoms with van der Waals surface area (Å²) < 4.78 is 40.5. The van der Waals surface area contributed by atoms with Crippen LogP contribution in [0.25, 0.3) is 16.4 Å². The number of hydrogen-bond acceptors (Lipinski definition) is 4. The minimum absolute atomic E-state index is 0.0915. The van der Waals surface area contributed by atoms with Crippen LogP contribution in [0.15, 0.2) is 59.9 Å². The van der Waals surface area contributed by atoms with Crippen LogP contribution in [0.2, 0.25) is 5.02 Å². The van der Waals surface area contributed by atoms with E-state index in [0.717, 1.165) is 39.2 Å². The monoisotopic (exact) mass is 450 g/mol. The van der Waals surface area contributed by atoms with E-state index in [2.05, 4.69) is 15.5 Å². The van der Waals surface area contributed by atoms with Gasteiger partial charge in [-0.05, 0) is 24.4 Å². The molecule has 1 amide bonds. The number of aromatic nitrogens is 3. The van der Waals surface area contributed by atoms with Crippen molar-refractivity contribution in [1.82, 2.24) is 14.6 Å². The highest BCUT2D eigenvalue weighted by Gasteiger charge is 2.32. The number of carbonyl (C=O) groups is 1. The normalized spacial score (nSPS) is 13.0. The number of anilines is 1. The molecule has 1 unspecified atom stereocenters. The van der Waals surface area contributed by atoms with Crippen LogP contribution in [0.4, 0.5) is 18.9 Å². The number of hydrogen-bond donors (Lipinski definition) is 1. The molecule has 0 radical (unpaired) electrons. The van der Waals surface area contributed by atoms with Crippen molar-refractivity contribution in [3.63, 3.8) is 0 Å². The van der Waals surface area contributed by atoms with Crippen LogP contribution in [0.3, 0.4) is 0 Å². The van der Waals surface area contributed by atoms with E-state index in [9.17, 15) is 18.0 Å². The molecule has 4 aromatic rings. The molecule has 0 aliphatic carbocycles. The van der Waals surface area contributed by atoms with Gasteiger partial charge in [0.15, 0.2) is 10.8 Å². The molecule has 0 spiro atoms. The van der Waals surface area contributed by atoms with Crippen LogP contribution in [-0.2, 0) is 11.0 Å². The fraction of sp³-hybridized carbons (Fsp3) is 0.150. The second kappa shape index (κ2) is 7.81. The van der Waals surface area contributed by atoms with Crippen LogP contribution in [0, 0.1) is 0 Å². The van der Waals surface area contributed by atoms with Crippen molar-refractivity contribution in [2.45, 2.75) is 23.5 Å². The second-order valence-electron chi connectivity index (χ2n) is 6.53. The number of nitrogens with zero attached hydrogens (tertiary/aromatic N) is 3. The van der Waals surface area contributed by atoms with Gasteiger partial charge in [-0.2, -0.15) is 13.2 Å². The zero-order valence-corrected chi connectivity index (χ0v) is 17.0. The zero-order valence-electron chi connectivity index (χ0n) is 15.4. The number of benzene rings is 2. The average Bonchev–Trinajstić information content (AvgIpc) is 3.11. The van der Waals surface area contributed by atoms with Crippen LogP contribution < -0.4 is 5.32 Å². The average molecular weight is 451 g/mol. The SMILES string of the molecule is CC(Sc1nnc2c(Cl)cc(C(F)(F)F)cn12)C(=O)Nc1cccc2ccccc12. The minimum Gasteiger partial charge on any atom is -0.325 e. The Morgan fingerprint density at radius 1 is 1.17 bits per heavy atom. The molecular formula is C20H14ClF3N4OS. The first-order valence-corrected chi connectivity index (χ1v) is 10.1. The second-order valence-corrected chi connectivity index (χ2v) is 8.24. The molecule has 30 heavy (non-hydrogen) atoms. The zero-order chi connectivity index (χ0) is 21.5. The molecule has 1 N–H and O–H groups in total. The van der Waals surface area contributed by atoms with E-state index in [1.165, 1.54) is 0 Å². The summed E-state index contributed by atoms with van der Waals surface area (Å²) in [4.78, 5) is 12.7. The molecule has 0 saturated heterocycles. The summed E-state index contributed by atoms with van der Waals surface area (Å²) in [6.07, 6.45) is -3.69. The highest BCUT2D eigenvalue weighted by Crippen LogP contribution is 2.34. The van der Waals surface area contributed by atoms with Crippen LogP contribution in [0.5, 0.6) is 0 Å². The first-order valence-electron chi connectivity index (χ1n) is 8.81. The lowest BCUT2D eigenvalue weighted by Crippen LogP contribution is -2.22. The minimum atomic E-state index is -4.57. The Morgan fingerprint density at radius 2 is 1.90 bits per heavy atom. The van der Waals surface area contributed by atoms with Gasteiger partial charge in [0.25, 0.3) is 0 Å². The maximum Gasteiger partial charge on any atom is 0.417 e. The van der Waals surface area contributed by atoms with Crippen LogP contribution >= 0.6 is 23.4 Å².